The van der Waals surface area contributed by atoms with Crippen molar-refractivity contribution < 1.29 is 4.79 Å². The zero-order valence-corrected chi connectivity index (χ0v) is 11.3. The number of unbranched alkanes of at least 4 members (excludes halogenated alkanes) is 6. The van der Waals surface area contributed by atoms with Gasteiger partial charge < -0.3 is 0 Å². The number of rotatable bonds is 9. The number of carbonyl (C=O) groups is 1. The van der Waals surface area contributed by atoms with Gasteiger partial charge in [0.05, 0.1) is 0 Å². The van der Waals surface area contributed by atoms with Crippen molar-refractivity contribution in [3.63, 3.8) is 0 Å². The molecule has 0 aliphatic carbocycles. The SMILES string of the molecule is CC(C)(C)CCCCCCCCC=CC=O. The smallest absolute Gasteiger partial charge is 0.142 e. The average Bonchev–Trinajstić information content (AvgIpc) is 2.19. The lowest BCUT2D eigenvalue weighted by molar-refractivity contribution is -0.104. The Bertz CT molecular complexity index is 186. The second-order valence-electron chi connectivity index (χ2n) is 5.78. The lowest BCUT2D eigenvalue weighted by Crippen LogP contribution is -2.03. The molecule has 1 heteroatoms. The van der Waals surface area contributed by atoms with E-state index < -0.39 is 0 Å². The summed E-state index contributed by atoms with van der Waals surface area (Å²) in [6, 6.07) is 0. The molecule has 0 heterocycles. The van der Waals surface area contributed by atoms with Gasteiger partial charge >= 0.3 is 0 Å². The monoisotopic (exact) mass is 224 g/mol. The van der Waals surface area contributed by atoms with Crippen LogP contribution in [0.2, 0.25) is 0 Å². The standard InChI is InChI=1S/C15H28O/c1-15(2,3)13-11-9-7-5-4-6-8-10-12-14-16/h10,12,14H,4-9,11,13H2,1-3H3. The molecule has 0 aromatic carbocycles. The average molecular weight is 224 g/mol. The quantitative estimate of drug-likeness (QED) is 0.309. The Morgan fingerprint density at radius 1 is 0.875 bits per heavy atom. The Kier molecular flexibility index (Phi) is 9.27. The predicted molar refractivity (Wildman–Crippen MR) is 71.6 cm³/mol. The summed E-state index contributed by atoms with van der Waals surface area (Å²) in [7, 11) is 0. The molecular formula is C15H28O. The minimum absolute atomic E-state index is 0.500. The molecule has 0 saturated carbocycles. The summed E-state index contributed by atoms with van der Waals surface area (Å²) in [6.45, 7) is 6.94. The molecule has 0 amide bonds. The zero-order chi connectivity index (χ0) is 12.3. The zero-order valence-electron chi connectivity index (χ0n) is 11.3. The molecule has 0 aliphatic rings. The highest BCUT2D eigenvalue weighted by Gasteiger charge is 2.08. The van der Waals surface area contributed by atoms with E-state index in [0.717, 1.165) is 12.7 Å². The van der Waals surface area contributed by atoms with Gasteiger partial charge in [-0.25, -0.2) is 0 Å². The maximum Gasteiger partial charge on any atom is 0.142 e. The van der Waals surface area contributed by atoms with Crippen LogP contribution < -0.4 is 0 Å². The van der Waals surface area contributed by atoms with Crippen molar-refractivity contribution in [2.24, 2.45) is 5.41 Å². The van der Waals surface area contributed by atoms with Gasteiger partial charge in [0.15, 0.2) is 0 Å². The van der Waals surface area contributed by atoms with Crippen molar-refractivity contribution in [1.29, 1.82) is 0 Å². The van der Waals surface area contributed by atoms with E-state index in [4.69, 9.17) is 0 Å². The Morgan fingerprint density at radius 3 is 2.00 bits per heavy atom. The van der Waals surface area contributed by atoms with Crippen molar-refractivity contribution in [1.82, 2.24) is 0 Å². The van der Waals surface area contributed by atoms with Crippen molar-refractivity contribution in [3.8, 4) is 0 Å². The van der Waals surface area contributed by atoms with Gasteiger partial charge in [-0.2, -0.15) is 0 Å². The third-order valence-electron chi connectivity index (χ3n) is 2.76. The topological polar surface area (TPSA) is 17.1 Å². The Balaban J connectivity index is 3.10. The number of carbonyl (C=O) groups excluding carboxylic acids is 1. The second kappa shape index (κ2) is 9.62. The molecular weight excluding hydrogens is 196 g/mol. The van der Waals surface area contributed by atoms with Crippen LogP contribution in [-0.4, -0.2) is 6.29 Å². The molecule has 94 valence electrons. The van der Waals surface area contributed by atoms with E-state index in [1.54, 1.807) is 6.08 Å². The van der Waals surface area contributed by atoms with Crippen LogP contribution >= 0.6 is 0 Å². The maximum atomic E-state index is 10.0. The first-order valence-electron chi connectivity index (χ1n) is 6.66. The van der Waals surface area contributed by atoms with Crippen LogP contribution in [0.25, 0.3) is 0 Å². The fraction of sp³-hybridized carbons (Fsp3) is 0.800. The fourth-order valence-electron chi connectivity index (χ4n) is 1.78. The number of aldehydes is 1. The van der Waals surface area contributed by atoms with Gasteiger partial charge in [0.25, 0.3) is 0 Å². The fourth-order valence-corrected chi connectivity index (χ4v) is 1.78. The van der Waals surface area contributed by atoms with E-state index in [-0.39, 0.29) is 0 Å². The van der Waals surface area contributed by atoms with Crippen LogP contribution in [0.3, 0.4) is 0 Å². The third kappa shape index (κ3) is 13.4. The molecule has 0 N–H and O–H groups in total. The van der Waals surface area contributed by atoms with Gasteiger partial charge in [-0.15, -0.1) is 0 Å². The highest BCUT2D eigenvalue weighted by Crippen LogP contribution is 2.22. The first-order chi connectivity index (χ1) is 7.56. The molecule has 0 aromatic rings. The van der Waals surface area contributed by atoms with Gasteiger partial charge in [-0.1, -0.05) is 59.0 Å². The van der Waals surface area contributed by atoms with Crippen LogP contribution in [0.15, 0.2) is 12.2 Å². The summed E-state index contributed by atoms with van der Waals surface area (Å²) in [5, 5.41) is 0. The number of hydrogen-bond donors (Lipinski definition) is 0. The van der Waals surface area contributed by atoms with E-state index in [1.807, 2.05) is 6.08 Å². The van der Waals surface area contributed by atoms with Crippen molar-refractivity contribution >= 4 is 6.29 Å². The highest BCUT2D eigenvalue weighted by molar-refractivity contribution is 5.64. The Labute approximate surface area is 101 Å². The molecule has 0 bridgehead atoms. The first-order valence-corrected chi connectivity index (χ1v) is 6.66. The maximum absolute atomic E-state index is 10.0. The number of hydrogen-bond acceptors (Lipinski definition) is 1. The van der Waals surface area contributed by atoms with Gasteiger partial charge in [0.1, 0.15) is 6.29 Å². The van der Waals surface area contributed by atoms with Gasteiger partial charge in [0, 0.05) is 0 Å². The van der Waals surface area contributed by atoms with E-state index >= 15 is 0 Å². The molecule has 0 fully saturated rings. The third-order valence-corrected chi connectivity index (χ3v) is 2.76. The molecule has 0 radical (unpaired) electrons. The summed E-state index contributed by atoms with van der Waals surface area (Å²) in [5.41, 5.74) is 0.500. The molecule has 1 nitrogen and oxygen atoms in total. The predicted octanol–water partition coefficient (Wildman–Crippen LogP) is 4.91. The molecule has 0 rings (SSSR count). The lowest BCUT2D eigenvalue weighted by Gasteiger charge is -2.17. The molecule has 0 aromatic heterocycles. The molecule has 0 unspecified atom stereocenters. The number of allylic oxidation sites excluding steroid dienone is 2. The molecule has 0 aliphatic heterocycles. The lowest BCUT2D eigenvalue weighted by atomic mass is 9.89. The van der Waals surface area contributed by atoms with Crippen molar-refractivity contribution in [3.05, 3.63) is 12.2 Å². The van der Waals surface area contributed by atoms with Crippen LogP contribution in [0.1, 0.15) is 72.1 Å². The first kappa shape index (κ1) is 15.4. The molecule has 0 spiro atoms. The highest BCUT2D eigenvalue weighted by atomic mass is 16.1. The minimum Gasteiger partial charge on any atom is -0.299 e. The Morgan fingerprint density at radius 2 is 1.44 bits per heavy atom. The summed E-state index contributed by atoms with van der Waals surface area (Å²) in [5.74, 6) is 0. The largest absolute Gasteiger partial charge is 0.299 e. The van der Waals surface area contributed by atoms with Crippen LogP contribution in [0.4, 0.5) is 0 Å². The van der Waals surface area contributed by atoms with Gasteiger partial charge in [-0.05, 0) is 30.8 Å². The molecule has 0 saturated heterocycles. The van der Waals surface area contributed by atoms with Gasteiger partial charge in [0.2, 0.25) is 0 Å². The van der Waals surface area contributed by atoms with E-state index in [2.05, 4.69) is 20.8 Å². The summed E-state index contributed by atoms with van der Waals surface area (Å²) < 4.78 is 0. The van der Waals surface area contributed by atoms with Crippen molar-refractivity contribution in [2.45, 2.75) is 72.1 Å². The summed E-state index contributed by atoms with van der Waals surface area (Å²) in [4.78, 5) is 10.0. The van der Waals surface area contributed by atoms with Crippen LogP contribution in [0, 0.1) is 5.41 Å². The summed E-state index contributed by atoms with van der Waals surface area (Å²) >= 11 is 0. The van der Waals surface area contributed by atoms with Crippen LogP contribution in [-0.2, 0) is 4.79 Å². The van der Waals surface area contributed by atoms with Gasteiger partial charge in [-0.3, -0.25) is 4.79 Å². The van der Waals surface area contributed by atoms with E-state index in [1.165, 1.54) is 44.9 Å². The van der Waals surface area contributed by atoms with Crippen LogP contribution in [0.5, 0.6) is 0 Å². The summed E-state index contributed by atoms with van der Waals surface area (Å²) in [6.07, 6.45) is 14.8. The Hall–Kier alpha value is -0.590. The van der Waals surface area contributed by atoms with Crippen molar-refractivity contribution in [2.75, 3.05) is 0 Å². The molecule has 16 heavy (non-hydrogen) atoms. The molecule has 0 atom stereocenters. The van der Waals surface area contributed by atoms with E-state index in [9.17, 15) is 4.79 Å². The van der Waals surface area contributed by atoms with E-state index in [0.29, 0.717) is 5.41 Å². The second-order valence-corrected chi connectivity index (χ2v) is 5.78. The normalized spacial score (nSPS) is 12.2. The minimum atomic E-state index is 0.500.